The monoisotopic (exact) mass is 746 g/mol. The highest BCUT2D eigenvalue weighted by Crippen LogP contribution is 2.37. The molecule has 1 saturated carbocycles. The van der Waals surface area contributed by atoms with Crippen LogP contribution in [0.2, 0.25) is 0 Å². The number of carbonyl (C=O) groups is 2. The van der Waals surface area contributed by atoms with E-state index >= 15 is 0 Å². The number of fused-ring (bicyclic) bond motifs is 9. The van der Waals surface area contributed by atoms with Gasteiger partial charge in [0.15, 0.2) is 0 Å². The van der Waals surface area contributed by atoms with Crippen molar-refractivity contribution in [2.45, 2.75) is 72.3 Å². The molecule has 5 aromatic rings. The van der Waals surface area contributed by atoms with Crippen LogP contribution in [0.15, 0.2) is 66.9 Å². The third kappa shape index (κ3) is 8.31. The fourth-order valence-corrected chi connectivity index (χ4v) is 7.90. The summed E-state index contributed by atoms with van der Waals surface area (Å²) in [6, 6.07) is 20.0. The van der Waals surface area contributed by atoms with Gasteiger partial charge in [0, 0.05) is 49.7 Å². The zero-order chi connectivity index (χ0) is 38.1. The van der Waals surface area contributed by atoms with Crippen LogP contribution in [0, 0.1) is 18.8 Å². The summed E-state index contributed by atoms with van der Waals surface area (Å²) < 4.78 is 22.3. The number of rotatable bonds is 6. The van der Waals surface area contributed by atoms with Gasteiger partial charge in [-0.05, 0) is 94.7 Å². The van der Waals surface area contributed by atoms with Crippen LogP contribution in [0.3, 0.4) is 0 Å². The van der Waals surface area contributed by atoms with E-state index < -0.39 is 5.60 Å². The first-order valence-corrected chi connectivity index (χ1v) is 19.4. The van der Waals surface area contributed by atoms with Crippen LogP contribution in [-0.2, 0) is 29.2 Å². The average molecular weight is 747 g/mol. The van der Waals surface area contributed by atoms with E-state index in [2.05, 4.69) is 39.0 Å². The number of pyridine rings is 1. The molecule has 0 spiro atoms. The summed E-state index contributed by atoms with van der Waals surface area (Å²) >= 11 is 0. The molecule has 8 rings (SSSR count). The molecule has 2 aliphatic heterocycles. The Bertz CT molecular complexity index is 2170. The van der Waals surface area contributed by atoms with Crippen molar-refractivity contribution >= 4 is 34.7 Å². The summed E-state index contributed by atoms with van der Waals surface area (Å²) in [5, 5.41) is 7.87. The molecule has 13 nitrogen and oxygen atoms in total. The zero-order valence-corrected chi connectivity index (χ0v) is 32.2. The number of imidazole rings is 1. The summed E-state index contributed by atoms with van der Waals surface area (Å²) in [7, 11) is 0. The van der Waals surface area contributed by atoms with Gasteiger partial charge < -0.3 is 28.6 Å². The van der Waals surface area contributed by atoms with Gasteiger partial charge in [0.05, 0.1) is 54.9 Å². The molecule has 13 heteroatoms. The Morgan fingerprint density at radius 3 is 2.58 bits per heavy atom. The van der Waals surface area contributed by atoms with E-state index in [1.165, 1.54) is 0 Å². The van der Waals surface area contributed by atoms with Crippen molar-refractivity contribution in [3.05, 3.63) is 83.7 Å². The second-order valence-electron chi connectivity index (χ2n) is 16.0. The van der Waals surface area contributed by atoms with Gasteiger partial charge in [-0.2, -0.15) is 5.10 Å². The van der Waals surface area contributed by atoms with E-state index in [0.29, 0.717) is 93.2 Å². The fourth-order valence-electron chi connectivity index (χ4n) is 7.90. The minimum Gasteiger partial charge on any atom is -0.477 e. The molecule has 1 N–H and O–H groups in total. The molecule has 2 amide bonds. The first-order valence-electron chi connectivity index (χ1n) is 19.4. The standard InChI is InChI=1S/C42H50N8O5/c1-28-20-32-22-36(44-28)34-24-43-50(18-19-53-26-29-8-6-5-7-9-29)39(34)54-27-31-11-10-30(21-31)25-49-37-23-33(12-13-35(37)45-40(49)46-38(32)51)47-14-16-48(17-15-47)41(52)55-42(2,3)4/h5-9,12-13,20,22-24,30-31H,10-11,14-19,21,25-27H2,1-4H3,(H,45,46,51)/t30-,31+/m1/s1. The lowest BCUT2D eigenvalue weighted by Gasteiger charge is -2.36. The average Bonchev–Trinajstić information content (AvgIpc) is 3.88. The number of nitrogens with zero attached hydrogens (tertiary/aromatic N) is 7. The lowest BCUT2D eigenvalue weighted by Crippen LogP contribution is -2.50. The van der Waals surface area contributed by atoms with Crippen molar-refractivity contribution in [1.29, 1.82) is 0 Å². The van der Waals surface area contributed by atoms with Gasteiger partial charge in [-0.15, -0.1) is 0 Å². The molecule has 3 aliphatic rings. The predicted octanol–water partition coefficient (Wildman–Crippen LogP) is 6.94. The van der Waals surface area contributed by atoms with Crippen LogP contribution < -0.4 is 15.0 Å². The summed E-state index contributed by atoms with van der Waals surface area (Å²) in [4.78, 5) is 40.6. The third-order valence-electron chi connectivity index (χ3n) is 10.6. The Morgan fingerprint density at radius 1 is 0.982 bits per heavy atom. The van der Waals surface area contributed by atoms with E-state index in [4.69, 9.17) is 29.3 Å². The number of piperazine rings is 1. The van der Waals surface area contributed by atoms with Crippen molar-refractivity contribution in [1.82, 2.24) is 29.2 Å². The number of aromatic nitrogens is 5. The maximum atomic E-state index is 14.1. The lowest BCUT2D eigenvalue weighted by molar-refractivity contribution is 0.0240. The number of anilines is 2. The highest BCUT2D eigenvalue weighted by Gasteiger charge is 2.30. The molecule has 4 bridgehead atoms. The molecule has 5 heterocycles. The van der Waals surface area contributed by atoms with Gasteiger partial charge in [0.2, 0.25) is 11.8 Å². The second kappa shape index (κ2) is 15.4. The van der Waals surface area contributed by atoms with Gasteiger partial charge in [-0.1, -0.05) is 30.3 Å². The van der Waals surface area contributed by atoms with Crippen LogP contribution >= 0.6 is 0 Å². The summed E-state index contributed by atoms with van der Waals surface area (Å²) in [6.45, 7) is 12.9. The highest BCUT2D eigenvalue weighted by molar-refractivity contribution is 6.05. The van der Waals surface area contributed by atoms with Crippen LogP contribution in [-0.4, -0.2) is 86.2 Å². The topological polar surface area (TPSA) is 129 Å². The first kappa shape index (κ1) is 36.5. The number of benzene rings is 2. The fraction of sp³-hybridized carbons (Fsp3) is 0.452. The minimum atomic E-state index is -0.530. The Balaban J connectivity index is 1.05. The van der Waals surface area contributed by atoms with Gasteiger partial charge in [-0.3, -0.25) is 15.1 Å². The van der Waals surface area contributed by atoms with Crippen LogP contribution in [0.4, 0.5) is 16.4 Å². The molecule has 0 unspecified atom stereocenters. The number of ether oxygens (including phenoxy) is 3. The van der Waals surface area contributed by atoms with Crippen LogP contribution in [0.1, 0.15) is 61.6 Å². The van der Waals surface area contributed by atoms with Gasteiger partial charge >= 0.3 is 6.09 Å². The maximum absolute atomic E-state index is 14.1. The van der Waals surface area contributed by atoms with E-state index in [0.717, 1.165) is 53.7 Å². The lowest BCUT2D eigenvalue weighted by atomic mass is 10.1. The SMILES string of the molecule is Cc1cc2cc(n1)-c1cnn(CCOCc3ccccc3)c1OC[C@H]1CC[C@H](C1)Cn1c(nc3ccc(N4CCN(C(=O)OC(C)(C)C)CC4)cc31)NC2=O. The van der Waals surface area contributed by atoms with Gasteiger partial charge in [-0.25, -0.2) is 14.5 Å². The molecule has 55 heavy (non-hydrogen) atoms. The Morgan fingerprint density at radius 2 is 1.78 bits per heavy atom. The molecule has 2 atom stereocenters. The summed E-state index contributed by atoms with van der Waals surface area (Å²) in [5.41, 5.74) is 6.00. The molecule has 2 fully saturated rings. The Labute approximate surface area is 321 Å². The third-order valence-corrected chi connectivity index (χ3v) is 10.6. The van der Waals surface area contributed by atoms with Crippen LogP contribution in [0.5, 0.6) is 5.88 Å². The van der Waals surface area contributed by atoms with E-state index in [-0.39, 0.29) is 12.0 Å². The summed E-state index contributed by atoms with van der Waals surface area (Å²) in [5.74, 6) is 1.66. The highest BCUT2D eigenvalue weighted by atomic mass is 16.6. The zero-order valence-electron chi connectivity index (χ0n) is 32.2. The van der Waals surface area contributed by atoms with Crippen molar-refractivity contribution in [3.63, 3.8) is 0 Å². The number of amides is 2. The number of hydrogen-bond donors (Lipinski definition) is 1. The quantitative estimate of drug-likeness (QED) is 0.184. The predicted molar refractivity (Wildman–Crippen MR) is 210 cm³/mol. The molecular weight excluding hydrogens is 697 g/mol. The number of carbonyl (C=O) groups excluding carboxylic acids is 2. The maximum Gasteiger partial charge on any atom is 0.410 e. The molecule has 3 aromatic heterocycles. The molecule has 1 saturated heterocycles. The van der Waals surface area contributed by atoms with E-state index in [1.807, 2.05) is 56.6 Å². The smallest absolute Gasteiger partial charge is 0.410 e. The van der Waals surface area contributed by atoms with Crippen molar-refractivity contribution in [2.24, 2.45) is 11.8 Å². The van der Waals surface area contributed by atoms with Crippen molar-refractivity contribution in [3.8, 4) is 17.1 Å². The minimum absolute atomic E-state index is 0.259. The van der Waals surface area contributed by atoms with E-state index in [9.17, 15) is 9.59 Å². The second-order valence-corrected chi connectivity index (χ2v) is 16.0. The largest absolute Gasteiger partial charge is 0.477 e. The van der Waals surface area contributed by atoms with Crippen LogP contribution in [0.25, 0.3) is 22.3 Å². The summed E-state index contributed by atoms with van der Waals surface area (Å²) in [6.07, 6.45) is 4.59. The van der Waals surface area contributed by atoms with Crippen molar-refractivity contribution in [2.75, 3.05) is 49.6 Å². The number of aryl methyl sites for hydroxylation is 1. The van der Waals surface area contributed by atoms with Gasteiger partial charge in [0.1, 0.15) is 5.60 Å². The number of nitrogens with one attached hydrogen (secondary N) is 1. The number of hydrogen-bond acceptors (Lipinski definition) is 9. The Hall–Kier alpha value is -5.43. The van der Waals surface area contributed by atoms with Crippen molar-refractivity contribution < 1.29 is 23.8 Å². The van der Waals surface area contributed by atoms with Gasteiger partial charge in [0.25, 0.3) is 5.91 Å². The normalized spacial score (nSPS) is 18.9. The molecule has 2 aromatic carbocycles. The molecule has 0 radical (unpaired) electrons. The molecule has 288 valence electrons. The molecule has 1 aliphatic carbocycles. The first-order chi connectivity index (χ1) is 26.6. The Kier molecular flexibility index (Phi) is 10.2. The van der Waals surface area contributed by atoms with E-state index in [1.54, 1.807) is 23.2 Å². The molecular formula is C42H50N8O5.